The minimum atomic E-state index is 0.173. The SMILES string of the molecule is Cc1c(Cl)nc2ncnn2c1SC(C)CCO. The summed E-state index contributed by atoms with van der Waals surface area (Å²) in [5, 5.41) is 14.7. The molecule has 0 amide bonds. The van der Waals surface area contributed by atoms with E-state index in [1.165, 1.54) is 6.33 Å². The summed E-state index contributed by atoms with van der Waals surface area (Å²) in [4.78, 5) is 8.17. The van der Waals surface area contributed by atoms with Crippen LogP contribution in [0.1, 0.15) is 18.9 Å². The third-order valence-corrected chi connectivity index (χ3v) is 4.11. The number of halogens is 1. The number of aliphatic hydroxyl groups excluding tert-OH is 1. The van der Waals surface area contributed by atoms with Crippen molar-refractivity contribution in [2.24, 2.45) is 0 Å². The second kappa shape index (κ2) is 5.20. The Morgan fingerprint density at radius 3 is 3.06 bits per heavy atom. The first-order valence-corrected chi connectivity index (χ1v) is 6.52. The zero-order valence-electron chi connectivity index (χ0n) is 9.59. The summed E-state index contributed by atoms with van der Waals surface area (Å²) in [6, 6.07) is 0. The highest BCUT2D eigenvalue weighted by atomic mass is 35.5. The fourth-order valence-electron chi connectivity index (χ4n) is 1.44. The van der Waals surface area contributed by atoms with Crippen molar-refractivity contribution in [3.63, 3.8) is 0 Å². The lowest BCUT2D eigenvalue weighted by molar-refractivity contribution is 0.289. The summed E-state index contributed by atoms with van der Waals surface area (Å²) in [5.41, 5.74) is 0.888. The molecule has 1 unspecified atom stereocenters. The Balaban J connectivity index is 2.43. The van der Waals surface area contributed by atoms with Crippen LogP contribution in [-0.2, 0) is 0 Å². The molecule has 17 heavy (non-hydrogen) atoms. The van der Waals surface area contributed by atoms with Crippen LogP contribution in [0.15, 0.2) is 11.4 Å². The largest absolute Gasteiger partial charge is 0.396 e. The van der Waals surface area contributed by atoms with Crippen LogP contribution in [0.3, 0.4) is 0 Å². The summed E-state index contributed by atoms with van der Waals surface area (Å²) in [7, 11) is 0. The zero-order valence-corrected chi connectivity index (χ0v) is 11.2. The Kier molecular flexibility index (Phi) is 3.86. The van der Waals surface area contributed by atoms with E-state index in [9.17, 15) is 0 Å². The van der Waals surface area contributed by atoms with Gasteiger partial charge in [-0.25, -0.2) is 0 Å². The highest BCUT2D eigenvalue weighted by molar-refractivity contribution is 7.99. The van der Waals surface area contributed by atoms with Gasteiger partial charge in [0.2, 0.25) is 0 Å². The standard InChI is InChI=1S/C10H13ClN4OS/c1-6(3-4-16)17-9-7(2)8(11)14-10-12-5-13-15(9)10/h5-6,16H,3-4H2,1-2H3. The van der Waals surface area contributed by atoms with E-state index in [4.69, 9.17) is 16.7 Å². The minimum absolute atomic E-state index is 0.173. The van der Waals surface area contributed by atoms with Crippen LogP contribution in [0.4, 0.5) is 0 Å². The fraction of sp³-hybridized carbons (Fsp3) is 0.500. The van der Waals surface area contributed by atoms with Gasteiger partial charge in [-0.3, -0.25) is 0 Å². The maximum atomic E-state index is 8.93. The Morgan fingerprint density at radius 2 is 2.35 bits per heavy atom. The molecule has 5 nitrogen and oxygen atoms in total. The second-order valence-corrected chi connectivity index (χ2v) is 5.53. The van der Waals surface area contributed by atoms with Gasteiger partial charge in [-0.05, 0) is 13.3 Å². The Labute approximate surface area is 108 Å². The number of thioether (sulfide) groups is 1. The Hall–Kier alpha value is -0.850. The van der Waals surface area contributed by atoms with Crippen LogP contribution in [0.25, 0.3) is 5.78 Å². The van der Waals surface area contributed by atoms with Gasteiger partial charge in [0.25, 0.3) is 5.78 Å². The van der Waals surface area contributed by atoms with Crippen LogP contribution in [0, 0.1) is 6.92 Å². The average Bonchev–Trinajstić information content (AvgIpc) is 2.72. The minimum Gasteiger partial charge on any atom is -0.396 e. The van der Waals surface area contributed by atoms with E-state index < -0.39 is 0 Å². The molecule has 0 fully saturated rings. The van der Waals surface area contributed by atoms with Gasteiger partial charge >= 0.3 is 0 Å². The smallest absolute Gasteiger partial charge is 0.254 e. The molecule has 1 N–H and O–H groups in total. The second-order valence-electron chi connectivity index (χ2n) is 3.75. The molecule has 0 bridgehead atoms. The third kappa shape index (κ3) is 2.53. The first-order valence-electron chi connectivity index (χ1n) is 5.27. The third-order valence-electron chi connectivity index (χ3n) is 2.40. The summed E-state index contributed by atoms with van der Waals surface area (Å²) in [6.45, 7) is 4.13. The molecule has 2 aromatic heterocycles. The Morgan fingerprint density at radius 1 is 1.59 bits per heavy atom. The van der Waals surface area contributed by atoms with Crippen molar-refractivity contribution < 1.29 is 5.11 Å². The number of aliphatic hydroxyl groups is 1. The summed E-state index contributed by atoms with van der Waals surface area (Å²) < 4.78 is 1.68. The van der Waals surface area contributed by atoms with Crippen molar-refractivity contribution in [3.05, 3.63) is 17.0 Å². The van der Waals surface area contributed by atoms with E-state index in [0.29, 0.717) is 10.9 Å². The molecule has 0 aliphatic carbocycles. The lowest BCUT2D eigenvalue weighted by atomic mass is 10.3. The molecule has 0 spiro atoms. The number of hydrogen-bond donors (Lipinski definition) is 1. The fourth-order valence-corrected chi connectivity index (χ4v) is 2.77. The normalized spacial score (nSPS) is 13.2. The predicted molar refractivity (Wildman–Crippen MR) is 67.6 cm³/mol. The molecule has 2 rings (SSSR count). The number of nitrogens with zero attached hydrogens (tertiary/aromatic N) is 4. The predicted octanol–water partition coefficient (Wildman–Crippen LogP) is 1.95. The summed E-state index contributed by atoms with van der Waals surface area (Å²) in [6.07, 6.45) is 2.18. The highest BCUT2D eigenvalue weighted by Crippen LogP contribution is 2.30. The van der Waals surface area contributed by atoms with Crippen LogP contribution >= 0.6 is 23.4 Å². The molecule has 0 saturated carbocycles. The van der Waals surface area contributed by atoms with Crippen LogP contribution < -0.4 is 0 Å². The van der Waals surface area contributed by atoms with Gasteiger partial charge in [0, 0.05) is 17.4 Å². The molecular formula is C10H13ClN4OS. The van der Waals surface area contributed by atoms with E-state index in [1.807, 2.05) is 6.92 Å². The van der Waals surface area contributed by atoms with E-state index >= 15 is 0 Å². The van der Waals surface area contributed by atoms with Crippen molar-refractivity contribution in [1.82, 2.24) is 19.6 Å². The van der Waals surface area contributed by atoms with Crippen molar-refractivity contribution in [2.75, 3.05) is 6.61 Å². The molecule has 7 heteroatoms. The van der Waals surface area contributed by atoms with Gasteiger partial charge in [0.05, 0.1) is 0 Å². The molecule has 0 aromatic carbocycles. The number of rotatable bonds is 4. The summed E-state index contributed by atoms with van der Waals surface area (Å²) >= 11 is 7.67. The molecule has 0 saturated heterocycles. The van der Waals surface area contributed by atoms with Crippen molar-refractivity contribution >= 4 is 29.1 Å². The highest BCUT2D eigenvalue weighted by Gasteiger charge is 2.15. The van der Waals surface area contributed by atoms with Gasteiger partial charge in [-0.1, -0.05) is 18.5 Å². The van der Waals surface area contributed by atoms with Crippen molar-refractivity contribution in [3.8, 4) is 0 Å². The van der Waals surface area contributed by atoms with Gasteiger partial charge < -0.3 is 5.11 Å². The molecule has 0 aliphatic rings. The van der Waals surface area contributed by atoms with E-state index in [1.54, 1.807) is 16.3 Å². The maximum absolute atomic E-state index is 8.93. The molecule has 0 aliphatic heterocycles. The topological polar surface area (TPSA) is 63.3 Å². The van der Waals surface area contributed by atoms with Crippen LogP contribution in [0.2, 0.25) is 5.15 Å². The molecular weight excluding hydrogens is 260 g/mol. The summed E-state index contributed by atoms with van der Waals surface area (Å²) in [5.74, 6) is 0.499. The quantitative estimate of drug-likeness (QED) is 0.681. The lowest BCUT2D eigenvalue weighted by Crippen LogP contribution is -2.05. The van der Waals surface area contributed by atoms with E-state index in [0.717, 1.165) is 17.0 Å². The van der Waals surface area contributed by atoms with Gasteiger partial charge in [0.1, 0.15) is 16.5 Å². The van der Waals surface area contributed by atoms with Crippen LogP contribution in [-0.4, -0.2) is 36.5 Å². The molecule has 2 heterocycles. The van der Waals surface area contributed by atoms with Gasteiger partial charge in [-0.2, -0.15) is 19.6 Å². The monoisotopic (exact) mass is 272 g/mol. The molecule has 2 aromatic rings. The van der Waals surface area contributed by atoms with Gasteiger partial charge in [-0.15, -0.1) is 11.8 Å². The van der Waals surface area contributed by atoms with E-state index in [-0.39, 0.29) is 11.9 Å². The lowest BCUT2D eigenvalue weighted by Gasteiger charge is -2.13. The number of fused-ring (bicyclic) bond motifs is 1. The average molecular weight is 273 g/mol. The zero-order chi connectivity index (χ0) is 12.4. The van der Waals surface area contributed by atoms with Crippen molar-refractivity contribution in [1.29, 1.82) is 0 Å². The van der Waals surface area contributed by atoms with E-state index in [2.05, 4.69) is 22.0 Å². The molecule has 1 atom stereocenters. The van der Waals surface area contributed by atoms with Crippen LogP contribution in [0.5, 0.6) is 0 Å². The molecule has 92 valence electrons. The first kappa shape index (κ1) is 12.6. The molecule has 0 radical (unpaired) electrons. The number of hydrogen-bond acceptors (Lipinski definition) is 5. The van der Waals surface area contributed by atoms with Gasteiger partial charge in [0.15, 0.2) is 0 Å². The maximum Gasteiger partial charge on any atom is 0.254 e. The first-order chi connectivity index (χ1) is 8.13. The number of aromatic nitrogens is 4. The Bertz CT molecular complexity index is 530. The van der Waals surface area contributed by atoms with Crippen molar-refractivity contribution in [2.45, 2.75) is 30.5 Å².